The van der Waals surface area contributed by atoms with Gasteiger partial charge in [-0.2, -0.15) is 0 Å². The van der Waals surface area contributed by atoms with Crippen molar-refractivity contribution in [2.45, 2.75) is 69.4 Å². The maximum absolute atomic E-state index is 13.1. The number of carbonyl (C=O) groups is 1. The predicted molar refractivity (Wildman–Crippen MR) is 109 cm³/mol. The van der Waals surface area contributed by atoms with Crippen LogP contribution in [-0.4, -0.2) is 41.0 Å². The largest absolute Gasteiger partial charge is 0.504 e. The summed E-state index contributed by atoms with van der Waals surface area (Å²) in [7, 11) is 0. The van der Waals surface area contributed by atoms with Crippen molar-refractivity contribution in [2.24, 2.45) is 17.8 Å². The summed E-state index contributed by atoms with van der Waals surface area (Å²) in [6.45, 7) is 4.54. The fourth-order valence-electron chi connectivity index (χ4n) is 7.29. The zero-order valence-electron chi connectivity index (χ0n) is 16.5. The minimum Gasteiger partial charge on any atom is -0.504 e. The Morgan fingerprint density at radius 3 is 2.82 bits per heavy atom. The molecular weight excluding hydrogens is 374 g/mol. The Bertz CT molecular complexity index is 822. The third-order valence-corrected chi connectivity index (χ3v) is 8.62. The van der Waals surface area contributed by atoms with Crippen LogP contribution >= 0.6 is 12.4 Å². The maximum Gasteiger partial charge on any atom is 0.174 e. The number of piperidine rings is 1. The van der Waals surface area contributed by atoms with E-state index >= 15 is 0 Å². The molecule has 1 saturated heterocycles. The lowest BCUT2D eigenvalue weighted by Crippen LogP contribution is -2.68. The summed E-state index contributed by atoms with van der Waals surface area (Å²) in [5, 5.41) is 10.5. The van der Waals surface area contributed by atoms with E-state index in [1.807, 2.05) is 0 Å². The SMILES string of the molecule is CC[C@@H]1CC(=O)[C@@H]2Oc3c(O)ccc4c3[C@@]23CCN(CC2CCC2)[C@H](C4)[C@H]13.Cl. The van der Waals surface area contributed by atoms with Crippen LogP contribution in [0, 0.1) is 17.8 Å². The molecule has 1 aromatic carbocycles. The number of ether oxygens (including phenoxy) is 1. The molecule has 6 rings (SSSR count). The highest BCUT2D eigenvalue weighted by Crippen LogP contribution is 2.64. The molecule has 1 spiro atoms. The van der Waals surface area contributed by atoms with Gasteiger partial charge in [-0.3, -0.25) is 9.69 Å². The summed E-state index contributed by atoms with van der Waals surface area (Å²) >= 11 is 0. The smallest absolute Gasteiger partial charge is 0.174 e. The van der Waals surface area contributed by atoms with Gasteiger partial charge in [-0.1, -0.05) is 25.8 Å². The van der Waals surface area contributed by atoms with E-state index in [-0.39, 0.29) is 35.5 Å². The van der Waals surface area contributed by atoms with Gasteiger partial charge >= 0.3 is 0 Å². The number of rotatable bonds is 3. The zero-order chi connectivity index (χ0) is 18.3. The average molecular weight is 404 g/mol. The number of ketones is 1. The van der Waals surface area contributed by atoms with Gasteiger partial charge in [0.15, 0.2) is 23.4 Å². The van der Waals surface area contributed by atoms with Crippen molar-refractivity contribution in [3.63, 3.8) is 0 Å². The van der Waals surface area contributed by atoms with Crippen molar-refractivity contribution >= 4 is 18.2 Å². The lowest BCUT2D eigenvalue weighted by molar-refractivity contribution is -0.145. The number of carbonyl (C=O) groups excluding carboxylic acids is 1. The number of hydrogen-bond donors (Lipinski definition) is 1. The van der Waals surface area contributed by atoms with Gasteiger partial charge in [-0.15, -0.1) is 12.4 Å². The Morgan fingerprint density at radius 2 is 2.11 bits per heavy atom. The first-order chi connectivity index (χ1) is 13.1. The molecule has 0 radical (unpaired) electrons. The minimum atomic E-state index is -0.374. The van der Waals surface area contributed by atoms with Crippen molar-refractivity contribution in [3.8, 4) is 11.5 Å². The van der Waals surface area contributed by atoms with Crippen molar-refractivity contribution < 1.29 is 14.6 Å². The number of nitrogens with zero attached hydrogens (tertiary/aromatic N) is 1. The number of aromatic hydroxyl groups is 1. The molecule has 1 aromatic rings. The van der Waals surface area contributed by atoms with Crippen LogP contribution in [0.15, 0.2) is 12.1 Å². The Labute approximate surface area is 173 Å². The fourth-order valence-corrected chi connectivity index (χ4v) is 7.29. The Morgan fingerprint density at radius 1 is 1.29 bits per heavy atom. The minimum absolute atomic E-state index is 0. The van der Waals surface area contributed by atoms with E-state index in [0.717, 1.165) is 31.7 Å². The van der Waals surface area contributed by atoms with E-state index in [9.17, 15) is 9.90 Å². The molecule has 2 saturated carbocycles. The van der Waals surface area contributed by atoms with Crippen LogP contribution in [-0.2, 0) is 16.6 Å². The topological polar surface area (TPSA) is 49.8 Å². The number of phenols is 1. The highest BCUT2D eigenvalue weighted by atomic mass is 35.5. The van der Waals surface area contributed by atoms with E-state index in [2.05, 4.69) is 17.9 Å². The van der Waals surface area contributed by atoms with Gasteiger partial charge in [-0.25, -0.2) is 0 Å². The fraction of sp³-hybridized carbons (Fsp3) is 0.696. The van der Waals surface area contributed by atoms with Crippen LogP contribution in [0.3, 0.4) is 0 Å². The molecule has 2 heterocycles. The first-order valence-corrected chi connectivity index (χ1v) is 10.9. The molecule has 28 heavy (non-hydrogen) atoms. The number of Topliss-reactive ketones (excluding diaryl/α,β-unsaturated/α-hetero) is 1. The first kappa shape index (κ1) is 18.7. The van der Waals surface area contributed by atoms with Crippen LogP contribution in [0.1, 0.15) is 56.6 Å². The van der Waals surface area contributed by atoms with E-state index in [1.54, 1.807) is 6.07 Å². The lowest BCUT2D eigenvalue weighted by atomic mass is 9.48. The van der Waals surface area contributed by atoms with Gasteiger partial charge in [-0.05, 0) is 61.6 Å². The average Bonchev–Trinajstić information content (AvgIpc) is 2.98. The molecular formula is C23H30ClNO3. The van der Waals surface area contributed by atoms with Crippen molar-refractivity contribution in [2.75, 3.05) is 13.1 Å². The van der Waals surface area contributed by atoms with Crippen molar-refractivity contribution in [1.29, 1.82) is 0 Å². The van der Waals surface area contributed by atoms with Crippen LogP contribution < -0.4 is 4.74 Å². The van der Waals surface area contributed by atoms with E-state index in [1.165, 1.54) is 36.9 Å². The summed E-state index contributed by atoms with van der Waals surface area (Å²) in [5.74, 6) is 2.89. The summed E-state index contributed by atoms with van der Waals surface area (Å²) in [5.41, 5.74) is 2.32. The second-order valence-electron chi connectivity index (χ2n) is 9.66. The van der Waals surface area contributed by atoms with E-state index in [0.29, 0.717) is 30.0 Å². The Balaban J connectivity index is 0.00000171. The summed E-state index contributed by atoms with van der Waals surface area (Å²) in [4.78, 5) is 15.9. The van der Waals surface area contributed by atoms with Gasteiger partial charge in [0.25, 0.3) is 0 Å². The second-order valence-corrected chi connectivity index (χ2v) is 9.66. The first-order valence-electron chi connectivity index (χ1n) is 10.9. The van der Waals surface area contributed by atoms with Crippen molar-refractivity contribution in [1.82, 2.24) is 4.90 Å². The third-order valence-electron chi connectivity index (χ3n) is 8.62. The molecule has 3 aliphatic carbocycles. The molecule has 2 aliphatic heterocycles. The lowest BCUT2D eigenvalue weighted by Gasteiger charge is -2.60. The standard InChI is InChI=1S/C23H29NO3.ClH/c1-2-14-11-18(26)22-23-8-9-24(12-13-4-3-5-13)16(19(14)23)10-15-6-7-17(25)21(27-22)20(15)23;/h6-7,13-14,16,19,22,25H,2-5,8-12H2,1H3;1H/t14-,16-,19+,22+,23+;/m1./s1. The molecule has 1 N–H and O–H groups in total. The third kappa shape index (κ3) is 2.19. The number of phenolic OH excluding ortho intramolecular Hbond substituents is 1. The molecule has 0 unspecified atom stereocenters. The summed E-state index contributed by atoms with van der Waals surface area (Å²) in [6, 6.07) is 4.39. The van der Waals surface area contributed by atoms with Crippen LogP contribution in [0.4, 0.5) is 0 Å². The molecule has 5 aliphatic rings. The summed E-state index contributed by atoms with van der Waals surface area (Å²) < 4.78 is 6.25. The summed E-state index contributed by atoms with van der Waals surface area (Å²) in [6.07, 6.45) is 7.53. The molecule has 3 fully saturated rings. The molecule has 152 valence electrons. The molecule has 5 heteroatoms. The van der Waals surface area contributed by atoms with Gasteiger partial charge in [0.1, 0.15) is 0 Å². The Kier molecular flexibility index (Phi) is 4.26. The van der Waals surface area contributed by atoms with Crippen molar-refractivity contribution in [3.05, 3.63) is 23.3 Å². The number of benzene rings is 1. The predicted octanol–water partition coefficient (Wildman–Crippen LogP) is 3.86. The molecule has 4 nitrogen and oxygen atoms in total. The molecule has 2 bridgehead atoms. The second kappa shape index (κ2) is 6.37. The van der Waals surface area contributed by atoms with Gasteiger partial charge in [0.05, 0.1) is 0 Å². The van der Waals surface area contributed by atoms with Gasteiger partial charge < -0.3 is 9.84 Å². The normalized spacial score (nSPS) is 38.2. The molecule has 0 aromatic heterocycles. The monoisotopic (exact) mass is 403 g/mol. The highest BCUT2D eigenvalue weighted by molar-refractivity contribution is 5.89. The molecule has 5 atom stereocenters. The quantitative estimate of drug-likeness (QED) is 0.832. The van der Waals surface area contributed by atoms with Gasteiger partial charge in [0, 0.05) is 30.0 Å². The number of hydrogen-bond acceptors (Lipinski definition) is 4. The zero-order valence-corrected chi connectivity index (χ0v) is 17.3. The van der Waals surface area contributed by atoms with E-state index in [4.69, 9.17) is 4.74 Å². The number of halogens is 1. The van der Waals surface area contributed by atoms with Crippen LogP contribution in [0.5, 0.6) is 11.5 Å². The maximum atomic E-state index is 13.1. The van der Waals surface area contributed by atoms with E-state index < -0.39 is 0 Å². The molecule has 0 amide bonds. The number of likely N-dealkylation sites (tertiary alicyclic amines) is 1. The Hall–Kier alpha value is -1.26. The highest BCUT2D eigenvalue weighted by Gasteiger charge is 2.67. The van der Waals surface area contributed by atoms with Crippen LogP contribution in [0.25, 0.3) is 0 Å². The van der Waals surface area contributed by atoms with Crippen LogP contribution in [0.2, 0.25) is 0 Å². The van der Waals surface area contributed by atoms with Gasteiger partial charge in [0.2, 0.25) is 0 Å².